The van der Waals surface area contributed by atoms with E-state index in [0.717, 1.165) is 83.0 Å². The molecule has 6 atom stereocenters. The van der Waals surface area contributed by atoms with E-state index in [0.29, 0.717) is 24.9 Å². The minimum absolute atomic E-state index is 0.0750. The van der Waals surface area contributed by atoms with E-state index >= 15 is 0 Å². The summed E-state index contributed by atoms with van der Waals surface area (Å²) in [5, 5.41) is 5.88. The van der Waals surface area contributed by atoms with E-state index in [9.17, 15) is 14.4 Å². The van der Waals surface area contributed by atoms with Gasteiger partial charge in [-0.15, -0.1) is 0 Å². The molecule has 5 aromatic rings. The Morgan fingerprint density at radius 2 is 1.47 bits per heavy atom. The molecule has 12 heteroatoms. The van der Waals surface area contributed by atoms with Gasteiger partial charge in [-0.3, -0.25) is 14.6 Å². The fourth-order valence-corrected chi connectivity index (χ4v) is 9.05. The highest BCUT2D eigenvalue weighted by Crippen LogP contribution is 2.56. The van der Waals surface area contributed by atoms with Crippen LogP contribution >= 0.6 is 0 Å². The number of alkyl carbamates (subject to hydrolysis) is 1. The Morgan fingerprint density at radius 1 is 0.836 bits per heavy atom. The van der Waals surface area contributed by atoms with Crippen LogP contribution in [0.1, 0.15) is 75.1 Å². The fraction of sp³-hybridized carbons (Fsp3) is 0.395. The molecule has 3 aromatic heterocycles. The summed E-state index contributed by atoms with van der Waals surface area (Å²) in [5.41, 5.74) is 7.06. The lowest BCUT2D eigenvalue weighted by atomic mass is 9.78. The number of amides is 3. The van der Waals surface area contributed by atoms with Crippen molar-refractivity contribution in [1.82, 2.24) is 40.5 Å². The first kappa shape index (κ1) is 36.2. The zero-order valence-corrected chi connectivity index (χ0v) is 31.5. The van der Waals surface area contributed by atoms with Gasteiger partial charge in [-0.05, 0) is 83.7 Å². The number of hydrogen-bond donors (Lipinski definition) is 4. The van der Waals surface area contributed by atoms with Gasteiger partial charge in [0.2, 0.25) is 11.8 Å². The first-order valence-corrected chi connectivity index (χ1v) is 19.4. The van der Waals surface area contributed by atoms with Crippen molar-refractivity contribution >= 4 is 17.9 Å². The van der Waals surface area contributed by atoms with E-state index in [2.05, 4.69) is 79.1 Å². The summed E-state index contributed by atoms with van der Waals surface area (Å²) < 4.78 is 4.76. The maximum Gasteiger partial charge on any atom is 0.407 e. The molecule has 1 saturated heterocycles. The van der Waals surface area contributed by atoms with Gasteiger partial charge >= 0.3 is 6.09 Å². The smallest absolute Gasteiger partial charge is 0.407 e. The highest BCUT2D eigenvalue weighted by atomic mass is 16.5. The average molecular weight is 741 g/mol. The normalized spacial score (nSPS) is 22.2. The van der Waals surface area contributed by atoms with Crippen LogP contribution in [0.3, 0.4) is 0 Å². The van der Waals surface area contributed by atoms with Crippen LogP contribution in [0.25, 0.3) is 33.6 Å². The predicted octanol–water partition coefficient (Wildman–Crippen LogP) is 7.02. The monoisotopic (exact) mass is 740 g/mol. The number of hydrogen-bond acceptors (Lipinski definition) is 7. The lowest BCUT2D eigenvalue weighted by Gasteiger charge is -2.30. The highest BCUT2D eigenvalue weighted by Gasteiger charge is 2.52. The van der Waals surface area contributed by atoms with Crippen molar-refractivity contribution in [2.24, 2.45) is 23.7 Å². The van der Waals surface area contributed by atoms with Gasteiger partial charge in [0.15, 0.2) is 0 Å². The second kappa shape index (κ2) is 15.5. The standard InChI is InChI=1S/C43H48N8O4/c1-25(2)38(50-43(54)55-3)42(53)51-19-5-7-35(51)39-45-23-33(48-39)29-12-8-27(9-13-29)28-10-14-30(15-11-28)34-24-46-40(49-34)36-31-16-17-32(20-31)37(36)41(52)47-22-26-6-4-18-44-21-26/h4,6,8-15,18,21,23-25,31-32,35-38H,5,7,16-17,19-20,22H2,1-3H3,(H,45,48)(H,46,49)(H,47,52)(H,50,54)/t31?,32?,35-,36-,37-,38?/m0/s1. The second-order valence-corrected chi connectivity index (χ2v) is 15.5. The SMILES string of the molecule is COC(=O)NC(C(=O)N1CCC[C@H]1c1ncc(-c2ccc(-c3ccc(-c4cnc([C@H]5C6CCC(C6)[C@@H]5C(=O)NCc5cccnc5)[nH]4)cc3)cc2)[nH]1)C(C)C. The minimum atomic E-state index is -0.676. The van der Waals surface area contributed by atoms with E-state index in [1.807, 2.05) is 43.3 Å². The van der Waals surface area contributed by atoms with Crippen LogP contribution in [0.5, 0.6) is 0 Å². The number of nitrogens with zero attached hydrogens (tertiary/aromatic N) is 4. The van der Waals surface area contributed by atoms with Crippen LogP contribution in [-0.4, -0.2) is 67.4 Å². The van der Waals surface area contributed by atoms with E-state index in [4.69, 9.17) is 9.72 Å². The van der Waals surface area contributed by atoms with Gasteiger partial charge in [0.1, 0.15) is 17.7 Å². The number of imidazole rings is 2. The summed E-state index contributed by atoms with van der Waals surface area (Å²) in [6.45, 7) is 4.91. The number of fused-ring (bicyclic) bond motifs is 2. The Labute approximate surface area is 320 Å². The van der Waals surface area contributed by atoms with Crippen LogP contribution in [0.15, 0.2) is 85.5 Å². The molecule has 2 aromatic carbocycles. The number of aromatic amines is 2. The summed E-state index contributed by atoms with van der Waals surface area (Å²) in [6, 6.07) is 19.8. The Kier molecular flexibility index (Phi) is 10.2. The molecule has 0 spiro atoms. The average Bonchev–Trinajstić information content (AvgIpc) is 4.07. The third-order valence-corrected chi connectivity index (χ3v) is 11.9. The third-order valence-electron chi connectivity index (χ3n) is 11.9. The van der Waals surface area contributed by atoms with Crippen molar-refractivity contribution in [1.29, 1.82) is 0 Å². The zero-order valence-electron chi connectivity index (χ0n) is 31.5. The van der Waals surface area contributed by atoms with E-state index < -0.39 is 12.1 Å². The first-order chi connectivity index (χ1) is 26.8. The van der Waals surface area contributed by atoms with Crippen LogP contribution in [0, 0.1) is 23.7 Å². The Hall–Kier alpha value is -5.78. The topological polar surface area (TPSA) is 158 Å². The summed E-state index contributed by atoms with van der Waals surface area (Å²) in [4.78, 5) is 61.6. The molecule has 0 radical (unpaired) electrons. The number of aromatic nitrogens is 5. The molecule has 2 bridgehead atoms. The summed E-state index contributed by atoms with van der Waals surface area (Å²) in [5.74, 6) is 2.42. The molecule has 2 aliphatic carbocycles. The molecule has 1 aliphatic heterocycles. The fourth-order valence-electron chi connectivity index (χ4n) is 9.05. The third kappa shape index (κ3) is 7.37. The number of pyridine rings is 1. The predicted molar refractivity (Wildman–Crippen MR) is 208 cm³/mol. The number of benzene rings is 2. The van der Waals surface area contributed by atoms with Gasteiger partial charge in [-0.1, -0.05) is 68.4 Å². The zero-order chi connectivity index (χ0) is 38.1. The van der Waals surface area contributed by atoms with E-state index in [1.54, 1.807) is 12.4 Å². The van der Waals surface area contributed by atoms with Crippen LogP contribution in [-0.2, 0) is 20.9 Å². The second-order valence-electron chi connectivity index (χ2n) is 15.5. The highest BCUT2D eigenvalue weighted by molar-refractivity contribution is 5.86. The summed E-state index contributed by atoms with van der Waals surface area (Å²) in [7, 11) is 1.30. The van der Waals surface area contributed by atoms with Gasteiger partial charge < -0.3 is 30.2 Å². The Balaban J connectivity index is 0.918. The molecule has 3 unspecified atom stereocenters. The molecule has 4 heterocycles. The summed E-state index contributed by atoms with van der Waals surface area (Å²) >= 11 is 0. The van der Waals surface area contributed by atoms with Crippen LogP contribution in [0.4, 0.5) is 4.79 Å². The van der Waals surface area contributed by atoms with Crippen molar-refractivity contribution in [3.8, 4) is 33.6 Å². The molecular weight excluding hydrogens is 693 g/mol. The van der Waals surface area contributed by atoms with Gasteiger partial charge in [0, 0.05) is 31.4 Å². The molecule has 2 saturated carbocycles. The first-order valence-electron chi connectivity index (χ1n) is 19.4. The minimum Gasteiger partial charge on any atom is -0.453 e. The maximum absolute atomic E-state index is 13.5. The maximum atomic E-state index is 13.5. The van der Waals surface area contributed by atoms with Gasteiger partial charge in [0.25, 0.3) is 0 Å². The molecule has 55 heavy (non-hydrogen) atoms. The summed E-state index contributed by atoms with van der Waals surface area (Å²) in [6.07, 6.45) is 11.6. The van der Waals surface area contributed by atoms with E-state index in [-0.39, 0.29) is 35.6 Å². The number of H-pyrrole nitrogens is 2. The Morgan fingerprint density at radius 3 is 2.11 bits per heavy atom. The molecular formula is C43H48N8O4. The molecule has 3 amide bonds. The molecule has 3 fully saturated rings. The van der Waals surface area contributed by atoms with Gasteiger partial charge in [0.05, 0.1) is 42.9 Å². The van der Waals surface area contributed by atoms with Gasteiger partial charge in [-0.2, -0.15) is 0 Å². The number of carbonyl (C=O) groups is 3. The Bertz CT molecular complexity index is 2130. The number of methoxy groups -OCH3 is 1. The molecule has 4 N–H and O–H groups in total. The number of ether oxygens (including phenoxy) is 1. The number of rotatable bonds is 11. The number of likely N-dealkylation sites (tertiary alicyclic amines) is 1. The molecule has 12 nitrogen and oxygen atoms in total. The van der Waals surface area contributed by atoms with Crippen LogP contribution < -0.4 is 10.6 Å². The molecule has 3 aliphatic rings. The van der Waals surface area contributed by atoms with Crippen molar-refractivity contribution in [2.45, 2.75) is 70.5 Å². The van der Waals surface area contributed by atoms with E-state index in [1.165, 1.54) is 7.11 Å². The lowest BCUT2D eigenvalue weighted by molar-refractivity contribution is -0.135. The number of nitrogens with one attached hydrogen (secondary N) is 4. The molecule has 8 rings (SSSR count). The quantitative estimate of drug-likeness (QED) is 0.113. The van der Waals surface area contributed by atoms with Crippen molar-refractivity contribution < 1.29 is 19.1 Å². The largest absolute Gasteiger partial charge is 0.453 e. The van der Waals surface area contributed by atoms with Crippen LogP contribution in [0.2, 0.25) is 0 Å². The van der Waals surface area contributed by atoms with Gasteiger partial charge in [-0.25, -0.2) is 14.8 Å². The number of carbonyl (C=O) groups excluding carboxylic acids is 3. The molecule has 284 valence electrons. The van der Waals surface area contributed by atoms with Crippen molar-refractivity contribution in [3.63, 3.8) is 0 Å². The van der Waals surface area contributed by atoms with Crippen molar-refractivity contribution in [2.75, 3.05) is 13.7 Å². The lowest BCUT2D eigenvalue weighted by Crippen LogP contribution is -2.51. The van der Waals surface area contributed by atoms with Crippen molar-refractivity contribution in [3.05, 3.63) is 103 Å².